The normalized spacial score (nSPS) is 13.0. The van der Waals surface area contributed by atoms with E-state index in [1.807, 2.05) is 13.1 Å². The SMILES string of the molecule is CNC(c1ccc(Br)s1)c1cc(Cl)c(Br)s1. The summed E-state index contributed by atoms with van der Waals surface area (Å²) >= 11 is 16.4. The Kier molecular flexibility index (Phi) is 4.49. The smallest absolute Gasteiger partial charge is 0.0888 e. The van der Waals surface area contributed by atoms with Crippen molar-refractivity contribution in [1.82, 2.24) is 5.32 Å². The molecule has 0 aliphatic rings. The van der Waals surface area contributed by atoms with Crippen molar-refractivity contribution in [2.75, 3.05) is 7.05 Å². The van der Waals surface area contributed by atoms with Gasteiger partial charge in [0.25, 0.3) is 0 Å². The summed E-state index contributed by atoms with van der Waals surface area (Å²) in [7, 11) is 1.96. The van der Waals surface area contributed by atoms with Crippen molar-refractivity contribution in [2.24, 2.45) is 0 Å². The van der Waals surface area contributed by atoms with Gasteiger partial charge in [-0.25, -0.2) is 0 Å². The Hall–Kier alpha value is 0.610. The van der Waals surface area contributed by atoms with E-state index in [0.717, 1.165) is 12.6 Å². The van der Waals surface area contributed by atoms with Crippen molar-refractivity contribution in [3.05, 3.63) is 40.5 Å². The molecule has 2 rings (SSSR count). The van der Waals surface area contributed by atoms with Crippen LogP contribution < -0.4 is 5.32 Å². The van der Waals surface area contributed by atoms with Gasteiger partial charge < -0.3 is 5.32 Å². The van der Waals surface area contributed by atoms with Gasteiger partial charge >= 0.3 is 0 Å². The monoisotopic (exact) mass is 399 g/mol. The zero-order valence-corrected chi connectivity index (χ0v) is 13.8. The van der Waals surface area contributed by atoms with Crippen LogP contribution in [0.25, 0.3) is 0 Å². The van der Waals surface area contributed by atoms with Crippen LogP contribution in [-0.2, 0) is 0 Å². The molecule has 0 saturated heterocycles. The minimum atomic E-state index is 0.213. The van der Waals surface area contributed by atoms with Gasteiger partial charge in [0.2, 0.25) is 0 Å². The molecule has 1 unspecified atom stereocenters. The van der Waals surface area contributed by atoms with E-state index in [1.54, 1.807) is 22.7 Å². The highest BCUT2D eigenvalue weighted by Crippen LogP contribution is 2.39. The molecule has 1 nitrogen and oxygen atoms in total. The molecule has 1 atom stereocenters. The maximum atomic E-state index is 6.05. The molecule has 86 valence electrons. The number of thiophene rings is 2. The molecule has 2 heterocycles. The first-order chi connectivity index (χ1) is 7.61. The lowest BCUT2D eigenvalue weighted by molar-refractivity contribution is 0.716. The first-order valence-electron chi connectivity index (χ1n) is 4.49. The van der Waals surface area contributed by atoms with Crippen LogP contribution in [0.3, 0.4) is 0 Å². The number of rotatable bonds is 3. The molecule has 0 aliphatic carbocycles. The largest absolute Gasteiger partial charge is 0.308 e. The van der Waals surface area contributed by atoms with Crippen molar-refractivity contribution in [2.45, 2.75) is 6.04 Å². The van der Waals surface area contributed by atoms with Crippen LogP contribution in [0.1, 0.15) is 15.8 Å². The van der Waals surface area contributed by atoms with E-state index in [4.69, 9.17) is 11.6 Å². The Morgan fingerprint density at radius 3 is 2.44 bits per heavy atom. The van der Waals surface area contributed by atoms with Crippen LogP contribution >= 0.6 is 66.1 Å². The third-order valence-electron chi connectivity index (χ3n) is 2.12. The Bertz CT molecular complexity index is 475. The topological polar surface area (TPSA) is 12.0 Å². The van der Waals surface area contributed by atoms with Gasteiger partial charge in [0, 0.05) is 9.75 Å². The van der Waals surface area contributed by atoms with Crippen molar-refractivity contribution in [1.29, 1.82) is 0 Å². The molecule has 16 heavy (non-hydrogen) atoms. The summed E-state index contributed by atoms with van der Waals surface area (Å²) in [5.74, 6) is 0. The average Bonchev–Trinajstić information content (AvgIpc) is 2.77. The molecule has 0 spiro atoms. The molecule has 0 fully saturated rings. The molecule has 6 heteroatoms. The fraction of sp³-hybridized carbons (Fsp3) is 0.200. The van der Waals surface area contributed by atoms with Gasteiger partial charge in [0.05, 0.1) is 18.6 Å². The summed E-state index contributed by atoms with van der Waals surface area (Å²) in [5.41, 5.74) is 0. The molecular formula is C10H8Br2ClNS2. The van der Waals surface area contributed by atoms with Crippen molar-refractivity contribution >= 4 is 66.1 Å². The number of nitrogens with one attached hydrogen (secondary N) is 1. The summed E-state index contributed by atoms with van der Waals surface area (Å²) in [6, 6.07) is 6.40. The van der Waals surface area contributed by atoms with E-state index in [2.05, 4.69) is 49.3 Å². The van der Waals surface area contributed by atoms with Gasteiger partial charge in [-0.3, -0.25) is 0 Å². The standard InChI is InChI=1S/C10H8Br2ClNS2/c1-14-9(6-2-3-8(11)15-6)7-4-5(13)10(12)16-7/h2-4,9,14H,1H3. The van der Waals surface area contributed by atoms with Crippen molar-refractivity contribution in [3.63, 3.8) is 0 Å². The molecule has 1 N–H and O–H groups in total. The van der Waals surface area contributed by atoms with Crippen LogP contribution in [0.4, 0.5) is 0 Å². The highest BCUT2D eigenvalue weighted by molar-refractivity contribution is 9.11. The van der Waals surface area contributed by atoms with Crippen molar-refractivity contribution in [3.8, 4) is 0 Å². The summed E-state index contributed by atoms with van der Waals surface area (Å²) in [6.45, 7) is 0. The van der Waals surface area contributed by atoms with Gasteiger partial charge in [-0.2, -0.15) is 0 Å². The van der Waals surface area contributed by atoms with Crippen LogP contribution in [-0.4, -0.2) is 7.05 Å². The highest BCUT2D eigenvalue weighted by atomic mass is 79.9. The summed E-state index contributed by atoms with van der Waals surface area (Å²) < 4.78 is 2.13. The molecule has 0 aromatic carbocycles. The third kappa shape index (κ3) is 2.71. The second-order valence-corrected chi connectivity index (χ2v) is 8.44. The minimum absolute atomic E-state index is 0.213. The van der Waals surface area contributed by atoms with E-state index in [0.29, 0.717) is 0 Å². The molecule has 0 aliphatic heterocycles. The van der Waals surface area contributed by atoms with Gasteiger partial charge in [-0.05, 0) is 57.1 Å². The lowest BCUT2D eigenvalue weighted by Gasteiger charge is -2.11. The molecule has 0 amide bonds. The van der Waals surface area contributed by atoms with Gasteiger partial charge in [-0.1, -0.05) is 11.6 Å². The lowest BCUT2D eigenvalue weighted by atomic mass is 10.2. The highest BCUT2D eigenvalue weighted by Gasteiger charge is 2.17. The number of hydrogen-bond donors (Lipinski definition) is 1. The average molecular weight is 402 g/mol. The van der Waals surface area contributed by atoms with E-state index in [1.165, 1.54) is 9.75 Å². The Morgan fingerprint density at radius 1 is 1.25 bits per heavy atom. The van der Waals surface area contributed by atoms with Crippen LogP contribution in [0.5, 0.6) is 0 Å². The lowest BCUT2D eigenvalue weighted by Crippen LogP contribution is -2.14. The fourth-order valence-corrected chi connectivity index (χ4v) is 4.92. The van der Waals surface area contributed by atoms with Gasteiger partial charge in [0.15, 0.2) is 0 Å². The van der Waals surface area contributed by atoms with Crippen LogP contribution in [0, 0.1) is 0 Å². The molecule has 0 radical (unpaired) electrons. The molecule has 2 aromatic heterocycles. The Labute approximate surface area is 124 Å². The first-order valence-corrected chi connectivity index (χ1v) is 8.08. The molecule has 2 aromatic rings. The minimum Gasteiger partial charge on any atom is -0.308 e. The fourth-order valence-electron chi connectivity index (χ4n) is 1.41. The third-order valence-corrected chi connectivity index (χ3v) is 6.34. The van der Waals surface area contributed by atoms with Gasteiger partial charge in [0.1, 0.15) is 0 Å². The van der Waals surface area contributed by atoms with E-state index in [9.17, 15) is 0 Å². The second kappa shape index (κ2) is 5.50. The first kappa shape index (κ1) is 13.1. The molecular weight excluding hydrogens is 394 g/mol. The maximum Gasteiger partial charge on any atom is 0.0888 e. The Morgan fingerprint density at radius 2 is 2.00 bits per heavy atom. The zero-order valence-electron chi connectivity index (χ0n) is 8.26. The van der Waals surface area contributed by atoms with E-state index in [-0.39, 0.29) is 6.04 Å². The van der Waals surface area contributed by atoms with Crippen LogP contribution in [0.2, 0.25) is 5.02 Å². The summed E-state index contributed by atoms with van der Waals surface area (Å²) in [4.78, 5) is 2.49. The second-order valence-electron chi connectivity index (χ2n) is 3.13. The number of hydrogen-bond acceptors (Lipinski definition) is 3. The molecule has 0 saturated carbocycles. The zero-order chi connectivity index (χ0) is 11.7. The predicted octanol–water partition coefficient (Wildman–Crippen LogP) is 5.30. The number of halogens is 3. The summed E-state index contributed by atoms with van der Waals surface area (Å²) in [6.07, 6.45) is 0. The maximum absolute atomic E-state index is 6.05. The van der Waals surface area contributed by atoms with Gasteiger partial charge in [-0.15, -0.1) is 22.7 Å². The van der Waals surface area contributed by atoms with E-state index < -0.39 is 0 Å². The predicted molar refractivity (Wildman–Crippen MR) is 80.0 cm³/mol. The van der Waals surface area contributed by atoms with E-state index >= 15 is 0 Å². The van der Waals surface area contributed by atoms with Crippen LogP contribution in [0.15, 0.2) is 25.8 Å². The van der Waals surface area contributed by atoms with Crippen molar-refractivity contribution < 1.29 is 0 Å². The molecule has 0 bridgehead atoms. The summed E-state index contributed by atoms with van der Waals surface area (Å²) in [5, 5.41) is 4.08. The quantitative estimate of drug-likeness (QED) is 0.736. The Balaban J connectivity index is 2.36.